The van der Waals surface area contributed by atoms with Crippen LogP contribution < -0.4 is 5.32 Å². The number of nitrogens with zero attached hydrogens (tertiary/aromatic N) is 1. The van der Waals surface area contributed by atoms with Gasteiger partial charge in [0.1, 0.15) is 0 Å². The molecule has 1 aromatic carbocycles. The molecular formula is C16H24N2OS. The number of benzene rings is 1. The first-order valence-corrected chi connectivity index (χ1v) is 8.01. The maximum Gasteiger partial charge on any atom is 0.0955 e. The van der Waals surface area contributed by atoms with Gasteiger partial charge in [0.15, 0.2) is 0 Å². The standard InChI is InChI=1S/C16H24N2OS/c1-5-10-17-14(16(2,3)19-4)11-15-18-12-8-6-7-9-13(12)20-15/h6-9,14,17H,5,10-11H2,1-4H3. The summed E-state index contributed by atoms with van der Waals surface area (Å²) in [5, 5.41) is 4.77. The molecule has 0 spiro atoms. The molecule has 3 nitrogen and oxygen atoms in total. The normalized spacial score (nSPS) is 13.8. The van der Waals surface area contributed by atoms with E-state index in [9.17, 15) is 0 Å². The molecule has 0 fully saturated rings. The molecule has 110 valence electrons. The van der Waals surface area contributed by atoms with Crippen LogP contribution in [0.1, 0.15) is 32.2 Å². The summed E-state index contributed by atoms with van der Waals surface area (Å²) in [5.74, 6) is 0. The van der Waals surface area contributed by atoms with Crippen LogP contribution in [-0.2, 0) is 11.2 Å². The third-order valence-corrected chi connectivity index (χ3v) is 4.78. The molecular weight excluding hydrogens is 268 g/mol. The molecule has 1 heterocycles. The number of nitrogens with one attached hydrogen (secondary N) is 1. The molecule has 0 radical (unpaired) electrons. The molecule has 0 saturated carbocycles. The zero-order valence-electron chi connectivity index (χ0n) is 12.8. The van der Waals surface area contributed by atoms with E-state index in [1.807, 2.05) is 6.07 Å². The molecule has 1 aromatic heterocycles. The lowest BCUT2D eigenvalue weighted by atomic mass is 9.95. The molecule has 0 saturated heterocycles. The summed E-state index contributed by atoms with van der Waals surface area (Å²) in [6.07, 6.45) is 2.02. The average Bonchev–Trinajstić information content (AvgIpc) is 2.85. The number of thiazole rings is 1. The van der Waals surface area contributed by atoms with Crippen LogP contribution in [0.4, 0.5) is 0 Å². The third-order valence-electron chi connectivity index (χ3n) is 3.72. The van der Waals surface area contributed by atoms with Gasteiger partial charge >= 0.3 is 0 Å². The number of para-hydroxylation sites is 1. The van der Waals surface area contributed by atoms with Crippen molar-refractivity contribution in [3.8, 4) is 0 Å². The van der Waals surface area contributed by atoms with Crippen LogP contribution in [0.2, 0.25) is 0 Å². The maximum atomic E-state index is 5.66. The number of ether oxygens (including phenoxy) is 1. The van der Waals surface area contributed by atoms with Crippen LogP contribution in [-0.4, -0.2) is 30.3 Å². The number of hydrogen-bond acceptors (Lipinski definition) is 4. The van der Waals surface area contributed by atoms with E-state index in [2.05, 4.69) is 44.3 Å². The van der Waals surface area contributed by atoms with Crippen molar-refractivity contribution >= 4 is 21.6 Å². The lowest BCUT2D eigenvalue weighted by Gasteiger charge is -2.33. The van der Waals surface area contributed by atoms with E-state index in [0.717, 1.165) is 24.9 Å². The van der Waals surface area contributed by atoms with Crippen LogP contribution in [0.15, 0.2) is 24.3 Å². The predicted octanol–water partition coefficient (Wildman–Crippen LogP) is 3.63. The summed E-state index contributed by atoms with van der Waals surface area (Å²) in [6, 6.07) is 8.58. The monoisotopic (exact) mass is 292 g/mol. The molecule has 1 atom stereocenters. The summed E-state index contributed by atoms with van der Waals surface area (Å²) in [6.45, 7) is 7.45. The molecule has 0 bridgehead atoms. The summed E-state index contributed by atoms with van der Waals surface area (Å²) >= 11 is 1.78. The third kappa shape index (κ3) is 3.57. The van der Waals surface area contributed by atoms with Crippen molar-refractivity contribution in [1.29, 1.82) is 0 Å². The molecule has 4 heteroatoms. The molecule has 1 N–H and O–H groups in total. The van der Waals surface area contributed by atoms with Crippen LogP contribution in [0.5, 0.6) is 0 Å². The Morgan fingerprint density at radius 3 is 2.75 bits per heavy atom. The molecule has 2 rings (SSSR count). The second-order valence-electron chi connectivity index (χ2n) is 5.59. The number of aromatic nitrogens is 1. The first-order chi connectivity index (χ1) is 9.56. The van der Waals surface area contributed by atoms with Gasteiger partial charge in [-0.3, -0.25) is 0 Å². The number of rotatable bonds is 7. The highest BCUT2D eigenvalue weighted by atomic mass is 32.1. The van der Waals surface area contributed by atoms with Gasteiger partial charge in [0.2, 0.25) is 0 Å². The highest BCUT2D eigenvalue weighted by Gasteiger charge is 2.29. The highest BCUT2D eigenvalue weighted by Crippen LogP contribution is 2.25. The zero-order chi connectivity index (χ0) is 14.6. The average molecular weight is 292 g/mol. The smallest absolute Gasteiger partial charge is 0.0955 e. The van der Waals surface area contributed by atoms with Crippen molar-refractivity contribution < 1.29 is 4.74 Å². The topological polar surface area (TPSA) is 34.2 Å². The van der Waals surface area contributed by atoms with Crippen molar-refractivity contribution in [3.63, 3.8) is 0 Å². The molecule has 0 aliphatic carbocycles. The second kappa shape index (κ2) is 6.66. The van der Waals surface area contributed by atoms with Gasteiger partial charge in [0.25, 0.3) is 0 Å². The van der Waals surface area contributed by atoms with Crippen LogP contribution in [0, 0.1) is 0 Å². The fourth-order valence-electron chi connectivity index (χ4n) is 2.21. The quantitative estimate of drug-likeness (QED) is 0.846. The van der Waals surface area contributed by atoms with Crippen molar-refractivity contribution in [3.05, 3.63) is 29.3 Å². The molecule has 20 heavy (non-hydrogen) atoms. The molecule has 0 aliphatic heterocycles. The van der Waals surface area contributed by atoms with Gasteiger partial charge in [-0.2, -0.15) is 0 Å². The Morgan fingerprint density at radius 2 is 2.10 bits per heavy atom. The Labute approximate surface area is 125 Å². The largest absolute Gasteiger partial charge is 0.377 e. The van der Waals surface area contributed by atoms with Crippen LogP contribution >= 0.6 is 11.3 Å². The minimum Gasteiger partial charge on any atom is -0.377 e. The Bertz CT molecular complexity index is 517. The van der Waals surface area contributed by atoms with Gasteiger partial charge in [-0.05, 0) is 38.9 Å². The molecule has 0 amide bonds. The van der Waals surface area contributed by atoms with E-state index in [1.165, 1.54) is 9.71 Å². The fraction of sp³-hybridized carbons (Fsp3) is 0.562. The second-order valence-corrected chi connectivity index (χ2v) is 6.71. The van der Waals surface area contributed by atoms with Crippen molar-refractivity contribution in [1.82, 2.24) is 10.3 Å². The summed E-state index contributed by atoms with van der Waals surface area (Å²) in [7, 11) is 1.78. The first-order valence-electron chi connectivity index (χ1n) is 7.19. The molecule has 1 unspecified atom stereocenters. The van der Waals surface area contributed by atoms with Gasteiger partial charge in [-0.25, -0.2) is 4.98 Å². The highest BCUT2D eigenvalue weighted by molar-refractivity contribution is 7.18. The SMILES string of the molecule is CCCNC(Cc1nc2ccccc2s1)C(C)(C)OC. The van der Waals surface area contributed by atoms with Crippen molar-refractivity contribution in [2.24, 2.45) is 0 Å². The lowest BCUT2D eigenvalue weighted by molar-refractivity contribution is -0.00997. The predicted molar refractivity (Wildman–Crippen MR) is 86.5 cm³/mol. The molecule has 2 aromatic rings. The van der Waals surface area contributed by atoms with E-state index < -0.39 is 0 Å². The number of methoxy groups -OCH3 is 1. The van der Waals surface area contributed by atoms with Gasteiger partial charge in [0.05, 0.1) is 20.8 Å². The van der Waals surface area contributed by atoms with Crippen LogP contribution in [0.25, 0.3) is 10.2 Å². The van der Waals surface area contributed by atoms with Gasteiger partial charge < -0.3 is 10.1 Å². The first kappa shape index (κ1) is 15.4. The Kier molecular flexibility index (Phi) is 5.13. The summed E-state index contributed by atoms with van der Waals surface area (Å²) < 4.78 is 6.91. The Hall–Kier alpha value is -0.970. The fourth-order valence-corrected chi connectivity index (χ4v) is 3.22. The maximum absolute atomic E-state index is 5.66. The Balaban J connectivity index is 2.17. The van der Waals surface area contributed by atoms with Gasteiger partial charge in [0, 0.05) is 19.6 Å². The van der Waals surface area contributed by atoms with Crippen molar-refractivity contribution in [2.45, 2.75) is 45.3 Å². The van der Waals surface area contributed by atoms with E-state index in [4.69, 9.17) is 9.72 Å². The zero-order valence-corrected chi connectivity index (χ0v) is 13.6. The Morgan fingerprint density at radius 1 is 1.35 bits per heavy atom. The van der Waals surface area contributed by atoms with E-state index in [1.54, 1.807) is 18.4 Å². The summed E-state index contributed by atoms with van der Waals surface area (Å²) in [5.41, 5.74) is 0.893. The minimum atomic E-state index is -0.201. The van der Waals surface area contributed by atoms with E-state index >= 15 is 0 Å². The van der Waals surface area contributed by atoms with Gasteiger partial charge in [-0.15, -0.1) is 11.3 Å². The van der Waals surface area contributed by atoms with Crippen LogP contribution in [0.3, 0.4) is 0 Å². The number of hydrogen-bond donors (Lipinski definition) is 1. The van der Waals surface area contributed by atoms with Crippen molar-refractivity contribution in [2.75, 3.05) is 13.7 Å². The van der Waals surface area contributed by atoms with E-state index in [-0.39, 0.29) is 11.6 Å². The minimum absolute atomic E-state index is 0.201. The summed E-state index contributed by atoms with van der Waals surface area (Å²) in [4.78, 5) is 4.73. The molecule has 0 aliphatic rings. The van der Waals surface area contributed by atoms with E-state index in [0.29, 0.717) is 0 Å². The lowest BCUT2D eigenvalue weighted by Crippen LogP contribution is -2.49. The van der Waals surface area contributed by atoms with Gasteiger partial charge in [-0.1, -0.05) is 19.1 Å². The number of fused-ring (bicyclic) bond motifs is 1.